The molecule has 1 saturated carbocycles. The van der Waals surface area contributed by atoms with Gasteiger partial charge in [-0.25, -0.2) is 0 Å². The lowest BCUT2D eigenvalue weighted by Gasteiger charge is -2.35. The Morgan fingerprint density at radius 3 is 2.71 bits per heavy atom. The van der Waals surface area contributed by atoms with Crippen LogP contribution >= 0.6 is 0 Å². The van der Waals surface area contributed by atoms with Crippen molar-refractivity contribution in [1.29, 1.82) is 0 Å². The summed E-state index contributed by atoms with van der Waals surface area (Å²) in [4.78, 5) is 12.2. The molecule has 0 unspecified atom stereocenters. The van der Waals surface area contributed by atoms with Crippen molar-refractivity contribution in [1.82, 2.24) is 9.78 Å². The Labute approximate surface area is 102 Å². The molecule has 0 aromatic carbocycles. The molecule has 1 fully saturated rings. The zero-order valence-electron chi connectivity index (χ0n) is 10.5. The van der Waals surface area contributed by atoms with Gasteiger partial charge in [0.15, 0.2) is 5.78 Å². The number of aromatic nitrogens is 2. The Morgan fingerprint density at radius 1 is 1.47 bits per heavy atom. The van der Waals surface area contributed by atoms with Gasteiger partial charge in [0.05, 0.1) is 11.8 Å². The average molecular weight is 235 g/mol. The number of carbonyl (C=O) groups excluding carboxylic acids is 1. The molecule has 0 radical (unpaired) electrons. The molecule has 1 aromatic heterocycles. The topological polar surface area (TPSA) is 60.9 Å². The normalized spacial score (nSPS) is 19.2. The second kappa shape index (κ2) is 5.00. The fourth-order valence-electron chi connectivity index (χ4n) is 2.76. The van der Waals surface area contributed by atoms with Crippen LogP contribution in [0.3, 0.4) is 0 Å². The van der Waals surface area contributed by atoms with Gasteiger partial charge in [-0.1, -0.05) is 19.3 Å². The van der Waals surface area contributed by atoms with Crippen molar-refractivity contribution in [2.24, 2.45) is 18.2 Å². The van der Waals surface area contributed by atoms with E-state index in [1.54, 1.807) is 17.1 Å². The van der Waals surface area contributed by atoms with E-state index in [1.165, 1.54) is 19.3 Å². The van der Waals surface area contributed by atoms with Gasteiger partial charge in [0.2, 0.25) is 0 Å². The van der Waals surface area contributed by atoms with Crippen LogP contribution in [0.15, 0.2) is 12.4 Å². The predicted octanol–water partition coefficient (Wildman–Crippen LogP) is 1.90. The van der Waals surface area contributed by atoms with Crippen LogP contribution in [0.5, 0.6) is 0 Å². The molecule has 0 saturated heterocycles. The van der Waals surface area contributed by atoms with Crippen LogP contribution < -0.4 is 5.73 Å². The number of hydrogen-bond donors (Lipinski definition) is 1. The highest BCUT2D eigenvalue weighted by Gasteiger charge is 2.33. The molecule has 0 atom stereocenters. The molecule has 0 bridgehead atoms. The summed E-state index contributed by atoms with van der Waals surface area (Å²) < 4.78 is 1.67. The van der Waals surface area contributed by atoms with Crippen molar-refractivity contribution >= 4 is 5.78 Å². The molecule has 94 valence electrons. The second-order valence-electron chi connectivity index (χ2n) is 5.27. The van der Waals surface area contributed by atoms with E-state index in [9.17, 15) is 4.79 Å². The monoisotopic (exact) mass is 235 g/mol. The number of nitrogens with two attached hydrogens (primary N) is 1. The van der Waals surface area contributed by atoms with Gasteiger partial charge in [0.1, 0.15) is 0 Å². The Balaban J connectivity index is 2.05. The van der Waals surface area contributed by atoms with E-state index in [0.717, 1.165) is 12.8 Å². The molecule has 4 heteroatoms. The maximum atomic E-state index is 12.2. The highest BCUT2D eigenvalue weighted by Crippen LogP contribution is 2.39. The summed E-state index contributed by atoms with van der Waals surface area (Å²) in [5.41, 5.74) is 6.66. The molecule has 2 N–H and O–H groups in total. The summed E-state index contributed by atoms with van der Waals surface area (Å²) in [5.74, 6) is 0.186. The smallest absolute Gasteiger partial charge is 0.166 e. The summed E-state index contributed by atoms with van der Waals surface area (Å²) >= 11 is 0. The number of Topliss-reactive ketones (excluding diaryl/α,β-unsaturated/α-hetero) is 1. The predicted molar refractivity (Wildman–Crippen MR) is 66.7 cm³/mol. The number of hydrogen-bond acceptors (Lipinski definition) is 3. The summed E-state index contributed by atoms with van der Waals surface area (Å²) in [6, 6.07) is 0. The maximum Gasteiger partial charge on any atom is 0.166 e. The van der Waals surface area contributed by atoms with Crippen LogP contribution in [0, 0.1) is 5.41 Å². The van der Waals surface area contributed by atoms with E-state index in [2.05, 4.69) is 5.10 Å². The van der Waals surface area contributed by atoms with Crippen molar-refractivity contribution in [2.45, 2.75) is 38.5 Å². The van der Waals surface area contributed by atoms with E-state index in [-0.39, 0.29) is 11.2 Å². The standard InChI is InChI=1S/C13H21N3O/c1-16-9-11(8-15-16)12(17)7-13(10-14)5-3-2-4-6-13/h8-9H,2-7,10,14H2,1H3. The molecule has 1 aliphatic rings. The van der Waals surface area contributed by atoms with Gasteiger partial charge in [0.25, 0.3) is 0 Å². The zero-order chi connectivity index (χ0) is 12.3. The van der Waals surface area contributed by atoms with Crippen molar-refractivity contribution < 1.29 is 4.79 Å². The zero-order valence-corrected chi connectivity index (χ0v) is 10.5. The third-order valence-corrected chi connectivity index (χ3v) is 3.91. The molecule has 17 heavy (non-hydrogen) atoms. The van der Waals surface area contributed by atoms with Crippen LogP contribution in [0.4, 0.5) is 0 Å². The molecule has 4 nitrogen and oxygen atoms in total. The van der Waals surface area contributed by atoms with Crippen molar-refractivity contribution in [3.63, 3.8) is 0 Å². The highest BCUT2D eigenvalue weighted by atomic mass is 16.1. The number of aryl methyl sites for hydroxylation is 1. The number of nitrogens with zero attached hydrogens (tertiary/aromatic N) is 2. The lowest BCUT2D eigenvalue weighted by Crippen LogP contribution is -2.35. The number of carbonyl (C=O) groups is 1. The van der Waals surface area contributed by atoms with E-state index < -0.39 is 0 Å². The summed E-state index contributed by atoms with van der Waals surface area (Å²) in [5, 5.41) is 4.04. The molecule has 0 aliphatic heterocycles. The van der Waals surface area contributed by atoms with E-state index in [4.69, 9.17) is 5.73 Å². The van der Waals surface area contributed by atoms with Gasteiger partial charge in [-0.15, -0.1) is 0 Å². The van der Waals surface area contributed by atoms with Gasteiger partial charge < -0.3 is 5.73 Å². The fourth-order valence-corrected chi connectivity index (χ4v) is 2.76. The highest BCUT2D eigenvalue weighted by molar-refractivity contribution is 5.96. The summed E-state index contributed by atoms with van der Waals surface area (Å²) in [7, 11) is 1.83. The minimum Gasteiger partial charge on any atom is -0.330 e. The first-order valence-electron chi connectivity index (χ1n) is 6.37. The first-order chi connectivity index (χ1) is 8.15. The summed E-state index contributed by atoms with van der Waals surface area (Å²) in [6.07, 6.45) is 9.89. The number of rotatable bonds is 4. The van der Waals surface area contributed by atoms with Gasteiger partial charge in [-0.05, 0) is 24.8 Å². The molecule has 1 aromatic rings. The first kappa shape index (κ1) is 12.3. The van der Waals surface area contributed by atoms with Crippen LogP contribution in [0.25, 0.3) is 0 Å². The molecule has 0 amide bonds. The van der Waals surface area contributed by atoms with Crippen LogP contribution in [0.2, 0.25) is 0 Å². The van der Waals surface area contributed by atoms with Gasteiger partial charge in [0, 0.05) is 19.7 Å². The number of ketones is 1. The molecule has 1 heterocycles. The average Bonchev–Trinajstić information content (AvgIpc) is 2.77. The van der Waals surface area contributed by atoms with E-state index >= 15 is 0 Å². The Morgan fingerprint density at radius 2 is 2.18 bits per heavy atom. The van der Waals surface area contributed by atoms with Crippen molar-refractivity contribution in [3.8, 4) is 0 Å². The Bertz CT molecular complexity index is 391. The minimum atomic E-state index is 0.0468. The molecular weight excluding hydrogens is 214 g/mol. The van der Waals surface area contributed by atoms with E-state index in [1.807, 2.05) is 7.05 Å². The van der Waals surface area contributed by atoms with Gasteiger partial charge in [-0.3, -0.25) is 9.48 Å². The van der Waals surface area contributed by atoms with Crippen LogP contribution in [-0.4, -0.2) is 22.1 Å². The third kappa shape index (κ3) is 2.75. The van der Waals surface area contributed by atoms with Crippen LogP contribution in [-0.2, 0) is 7.05 Å². The van der Waals surface area contributed by atoms with E-state index in [0.29, 0.717) is 18.5 Å². The summed E-state index contributed by atoms with van der Waals surface area (Å²) in [6.45, 7) is 0.624. The lowest BCUT2D eigenvalue weighted by atomic mass is 9.70. The molecule has 0 spiro atoms. The largest absolute Gasteiger partial charge is 0.330 e. The quantitative estimate of drug-likeness (QED) is 0.811. The second-order valence-corrected chi connectivity index (χ2v) is 5.27. The maximum absolute atomic E-state index is 12.2. The fraction of sp³-hybridized carbons (Fsp3) is 0.692. The molecular formula is C13H21N3O. The molecule has 2 rings (SSSR count). The molecule has 1 aliphatic carbocycles. The van der Waals surface area contributed by atoms with Crippen LogP contribution in [0.1, 0.15) is 48.9 Å². The first-order valence-corrected chi connectivity index (χ1v) is 6.37. The third-order valence-electron chi connectivity index (χ3n) is 3.91. The van der Waals surface area contributed by atoms with Gasteiger partial charge >= 0.3 is 0 Å². The Kier molecular flexibility index (Phi) is 3.62. The van der Waals surface area contributed by atoms with Crippen molar-refractivity contribution in [3.05, 3.63) is 18.0 Å². The SMILES string of the molecule is Cn1cc(C(=O)CC2(CN)CCCCC2)cn1. The van der Waals surface area contributed by atoms with Crippen molar-refractivity contribution in [2.75, 3.05) is 6.54 Å². The van der Waals surface area contributed by atoms with Gasteiger partial charge in [-0.2, -0.15) is 5.10 Å². The Hall–Kier alpha value is -1.16. The lowest BCUT2D eigenvalue weighted by molar-refractivity contribution is 0.0868. The minimum absolute atomic E-state index is 0.0468.